The van der Waals surface area contributed by atoms with Gasteiger partial charge in [0.15, 0.2) is 5.82 Å². The van der Waals surface area contributed by atoms with Gasteiger partial charge < -0.3 is 10.7 Å². The van der Waals surface area contributed by atoms with Crippen molar-refractivity contribution < 1.29 is 9.18 Å². The quantitative estimate of drug-likeness (QED) is 0.540. The summed E-state index contributed by atoms with van der Waals surface area (Å²) >= 11 is 1.26. The van der Waals surface area contributed by atoms with Crippen LogP contribution in [0.25, 0.3) is 11.4 Å². The number of carbonyl (C=O) groups is 1. The molecule has 28 heavy (non-hydrogen) atoms. The zero-order valence-electron chi connectivity index (χ0n) is 15.4. The number of hydrogen-bond acceptors (Lipinski definition) is 5. The highest BCUT2D eigenvalue weighted by Gasteiger charge is 2.28. The van der Waals surface area contributed by atoms with E-state index in [1.807, 2.05) is 30.0 Å². The molecule has 2 N–H and O–H groups in total. The van der Waals surface area contributed by atoms with Crippen molar-refractivity contribution in [1.82, 2.24) is 14.9 Å². The van der Waals surface area contributed by atoms with Gasteiger partial charge >= 0.3 is 0 Å². The van der Waals surface area contributed by atoms with E-state index in [-0.39, 0.29) is 17.0 Å². The fraction of sp³-hybridized carbons (Fsp3) is 0.250. The van der Waals surface area contributed by atoms with Crippen molar-refractivity contribution in [3.8, 4) is 11.4 Å². The molecule has 1 amide bonds. The maximum Gasteiger partial charge on any atom is 0.240 e. The smallest absolute Gasteiger partial charge is 0.240 e. The van der Waals surface area contributed by atoms with Crippen LogP contribution in [0.5, 0.6) is 0 Å². The first-order valence-corrected chi connectivity index (χ1v) is 9.95. The third-order valence-corrected chi connectivity index (χ3v) is 5.82. The average molecular weight is 397 g/mol. The highest BCUT2D eigenvalue weighted by molar-refractivity contribution is 8.00. The minimum atomic E-state index is -0.376. The maximum absolute atomic E-state index is 13.1. The molecule has 1 atom stereocenters. The Balaban J connectivity index is 1.52. The van der Waals surface area contributed by atoms with Crippen LogP contribution in [0.3, 0.4) is 0 Å². The molecule has 0 spiro atoms. The van der Waals surface area contributed by atoms with Crippen molar-refractivity contribution in [1.29, 1.82) is 0 Å². The van der Waals surface area contributed by atoms with Crippen molar-refractivity contribution in [2.24, 2.45) is 0 Å². The monoisotopic (exact) mass is 397 g/mol. The summed E-state index contributed by atoms with van der Waals surface area (Å²) in [6.07, 6.45) is 1.93. The number of aromatic nitrogens is 3. The lowest BCUT2D eigenvalue weighted by Gasteiger charge is -2.31. The Kier molecular flexibility index (Phi) is 5.04. The largest absolute Gasteiger partial charge is 0.335 e. The number of anilines is 1. The number of carbonyl (C=O) groups excluding carboxylic acids is 1. The lowest BCUT2D eigenvalue weighted by atomic mass is 10.0. The van der Waals surface area contributed by atoms with E-state index in [1.165, 1.54) is 34.1 Å². The van der Waals surface area contributed by atoms with Gasteiger partial charge in [0.2, 0.25) is 11.1 Å². The molecule has 0 radical (unpaired) electrons. The zero-order valence-corrected chi connectivity index (χ0v) is 16.2. The zero-order chi connectivity index (χ0) is 19.7. The number of aryl methyl sites for hydroxylation is 1. The van der Waals surface area contributed by atoms with Gasteiger partial charge in [0.25, 0.3) is 0 Å². The summed E-state index contributed by atoms with van der Waals surface area (Å²) in [5.74, 6) is 6.24. The number of amides is 1. The molecule has 4 rings (SSSR count). The van der Waals surface area contributed by atoms with E-state index in [0.29, 0.717) is 23.1 Å². The van der Waals surface area contributed by atoms with E-state index in [1.54, 1.807) is 12.1 Å². The lowest BCUT2D eigenvalue weighted by Crippen LogP contribution is -2.40. The molecule has 0 saturated carbocycles. The van der Waals surface area contributed by atoms with Crippen LogP contribution in [-0.2, 0) is 11.2 Å². The van der Waals surface area contributed by atoms with Crippen LogP contribution >= 0.6 is 11.8 Å². The lowest BCUT2D eigenvalue weighted by molar-refractivity contribution is -0.117. The standard InChI is InChI=1S/C20H20FN5OS/c1-13(19(27)25-12-4-6-14-5-2-3-7-17(14)25)28-20-24-23-18(26(20)22)15-8-10-16(21)11-9-15/h2-3,5,7-11,13H,4,6,12,22H2,1H3. The number of fused-ring (bicyclic) bond motifs is 1. The number of thioether (sulfide) groups is 1. The Morgan fingerprint density at radius 3 is 2.71 bits per heavy atom. The Labute approximate surface area is 166 Å². The molecule has 1 aliphatic rings. The summed E-state index contributed by atoms with van der Waals surface area (Å²) in [5.41, 5.74) is 2.83. The average Bonchev–Trinajstić information content (AvgIpc) is 3.08. The molecule has 0 fully saturated rings. The Morgan fingerprint density at radius 1 is 1.18 bits per heavy atom. The normalized spacial score (nSPS) is 14.6. The summed E-state index contributed by atoms with van der Waals surface area (Å²) < 4.78 is 14.5. The molecule has 6 nitrogen and oxygen atoms in total. The van der Waals surface area contributed by atoms with E-state index >= 15 is 0 Å². The van der Waals surface area contributed by atoms with Crippen LogP contribution in [0.4, 0.5) is 10.1 Å². The second kappa shape index (κ2) is 7.63. The molecule has 0 aliphatic carbocycles. The first kappa shape index (κ1) is 18.5. The highest BCUT2D eigenvalue weighted by atomic mass is 32.2. The molecule has 1 aromatic heterocycles. The van der Waals surface area contributed by atoms with Gasteiger partial charge in [-0.3, -0.25) is 4.79 Å². The van der Waals surface area contributed by atoms with Crippen LogP contribution in [0.1, 0.15) is 18.9 Å². The number of rotatable bonds is 4. The molecular formula is C20H20FN5OS. The number of nitrogens with two attached hydrogens (primary N) is 1. The van der Waals surface area contributed by atoms with Crippen LogP contribution < -0.4 is 10.7 Å². The number of para-hydroxylation sites is 1. The minimum absolute atomic E-state index is 0.0171. The molecule has 144 valence electrons. The number of hydrogen-bond donors (Lipinski definition) is 1. The van der Waals surface area contributed by atoms with E-state index in [9.17, 15) is 9.18 Å². The predicted octanol–water partition coefficient (Wildman–Crippen LogP) is 3.26. The molecular weight excluding hydrogens is 377 g/mol. The van der Waals surface area contributed by atoms with Gasteiger partial charge in [-0.1, -0.05) is 30.0 Å². The fourth-order valence-corrected chi connectivity index (χ4v) is 4.18. The predicted molar refractivity (Wildman–Crippen MR) is 108 cm³/mol. The van der Waals surface area contributed by atoms with Gasteiger partial charge in [-0.05, 0) is 55.7 Å². The number of nitrogens with zero attached hydrogens (tertiary/aromatic N) is 4. The van der Waals surface area contributed by atoms with Crippen LogP contribution in [-0.4, -0.2) is 32.6 Å². The molecule has 1 aliphatic heterocycles. The third-order valence-electron chi connectivity index (χ3n) is 4.77. The van der Waals surface area contributed by atoms with Gasteiger partial charge in [-0.15, -0.1) is 10.2 Å². The second-order valence-corrected chi connectivity index (χ2v) is 7.97. The third kappa shape index (κ3) is 3.47. The molecule has 0 bridgehead atoms. The topological polar surface area (TPSA) is 77.0 Å². The van der Waals surface area contributed by atoms with Crippen molar-refractivity contribution in [3.63, 3.8) is 0 Å². The van der Waals surface area contributed by atoms with Crippen molar-refractivity contribution >= 4 is 23.4 Å². The van der Waals surface area contributed by atoms with Gasteiger partial charge in [-0.25, -0.2) is 9.07 Å². The van der Waals surface area contributed by atoms with Gasteiger partial charge in [-0.2, -0.15) is 0 Å². The first-order valence-electron chi connectivity index (χ1n) is 9.07. The summed E-state index contributed by atoms with van der Waals surface area (Å²) in [6, 6.07) is 13.9. The Morgan fingerprint density at radius 2 is 1.93 bits per heavy atom. The van der Waals surface area contributed by atoms with E-state index in [0.717, 1.165) is 18.5 Å². The van der Waals surface area contributed by atoms with Gasteiger partial charge in [0.1, 0.15) is 5.82 Å². The number of benzene rings is 2. The van der Waals surface area contributed by atoms with E-state index < -0.39 is 0 Å². The van der Waals surface area contributed by atoms with Crippen molar-refractivity contribution in [2.45, 2.75) is 30.2 Å². The molecule has 2 heterocycles. The van der Waals surface area contributed by atoms with Gasteiger partial charge in [0, 0.05) is 17.8 Å². The van der Waals surface area contributed by atoms with Crippen molar-refractivity contribution in [2.75, 3.05) is 17.3 Å². The van der Waals surface area contributed by atoms with Crippen molar-refractivity contribution in [3.05, 3.63) is 59.9 Å². The second-order valence-electron chi connectivity index (χ2n) is 6.67. The highest BCUT2D eigenvalue weighted by Crippen LogP contribution is 2.31. The molecule has 8 heteroatoms. The van der Waals surface area contributed by atoms with E-state index in [2.05, 4.69) is 16.3 Å². The molecule has 0 saturated heterocycles. The maximum atomic E-state index is 13.1. The summed E-state index contributed by atoms with van der Waals surface area (Å²) in [5, 5.41) is 8.27. The molecule has 1 unspecified atom stereocenters. The van der Waals surface area contributed by atoms with Crippen LogP contribution in [0.2, 0.25) is 0 Å². The summed E-state index contributed by atoms with van der Waals surface area (Å²) in [7, 11) is 0. The summed E-state index contributed by atoms with van der Waals surface area (Å²) in [4.78, 5) is 14.9. The number of nitrogen functional groups attached to an aromatic ring is 1. The van der Waals surface area contributed by atoms with Crippen LogP contribution in [0, 0.1) is 5.82 Å². The van der Waals surface area contributed by atoms with Crippen LogP contribution in [0.15, 0.2) is 53.7 Å². The fourth-order valence-electron chi connectivity index (χ4n) is 3.34. The SMILES string of the molecule is CC(Sc1nnc(-c2ccc(F)cc2)n1N)C(=O)N1CCCc2ccccc21. The Bertz CT molecular complexity index is 1000. The Hall–Kier alpha value is -2.87. The minimum Gasteiger partial charge on any atom is -0.335 e. The first-order chi connectivity index (χ1) is 13.5. The molecule has 2 aromatic carbocycles. The van der Waals surface area contributed by atoms with Gasteiger partial charge in [0.05, 0.1) is 5.25 Å². The molecule has 3 aromatic rings. The number of halogens is 1. The summed E-state index contributed by atoms with van der Waals surface area (Å²) in [6.45, 7) is 2.55. The van der Waals surface area contributed by atoms with E-state index in [4.69, 9.17) is 5.84 Å².